The maximum atomic E-state index is 15.4. The highest BCUT2D eigenvalue weighted by molar-refractivity contribution is 5.97. The zero-order valence-electron chi connectivity index (χ0n) is 37.3. The van der Waals surface area contributed by atoms with Gasteiger partial charge in [0.15, 0.2) is 0 Å². The van der Waals surface area contributed by atoms with Crippen LogP contribution in [0.4, 0.5) is 40.8 Å². The van der Waals surface area contributed by atoms with Gasteiger partial charge in [-0.3, -0.25) is 14.7 Å². The number of hydrogen-bond donors (Lipinski definition) is 2. The Morgan fingerprint density at radius 2 is 1.53 bits per heavy atom. The van der Waals surface area contributed by atoms with E-state index in [-0.39, 0.29) is 30.6 Å². The number of amides is 1. The van der Waals surface area contributed by atoms with Gasteiger partial charge in [0.2, 0.25) is 5.91 Å². The first-order chi connectivity index (χ1) is 27.6. The molecule has 15 heteroatoms. The topological polar surface area (TPSA) is 91.2 Å². The number of fused-ring (bicyclic) bond motifs is 4. The molecule has 1 aromatic heterocycles. The van der Waals surface area contributed by atoms with Crippen molar-refractivity contribution >= 4 is 17.6 Å². The number of rotatable bonds is 4. The molecule has 1 fully saturated rings. The molecule has 2 N–H and O–H groups in total. The fourth-order valence-corrected chi connectivity index (χ4v) is 7.07. The van der Waals surface area contributed by atoms with Crippen molar-refractivity contribution in [2.75, 3.05) is 4.90 Å². The van der Waals surface area contributed by atoms with E-state index in [2.05, 4.69) is 43.1 Å². The van der Waals surface area contributed by atoms with Crippen molar-refractivity contribution < 1.29 is 49.8 Å². The van der Waals surface area contributed by atoms with Crippen LogP contribution in [-0.4, -0.2) is 50.6 Å². The molecule has 2 heterocycles. The number of alkyl halides is 8. The Morgan fingerprint density at radius 1 is 1.00 bits per heavy atom. The molecular formula is C44H72F8N4O3. The molecule has 3 aliphatic rings. The minimum atomic E-state index is -4.56. The van der Waals surface area contributed by atoms with Gasteiger partial charge in [0, 0.05) is 43.5 Å². The Morgan fingerprint density at radius 3 is 1.92 bits per heavy atom. The van der Waals surface area contributed by atoms with Crippen molar-refractivity contribution in [3.05, 3.63) is 59.0 Å². The van der Waals surface area contributed by atoms with Gasteiger partial charge in [-0.2, -0.15) is 26.3 Å². The third-order valence-corrected chi connectivity index (χ3v) is 9.56. The molecule has 342 valence electrons. The number of carbonyl (C=O) groups is 2. The number of H-pyrrole nitrogens is 1. The highest BCUT2D eigenvalue weighted by atomic mass is 19.4. The highest BCUT2D eigenvalue weighted by Crippen LogP contribution is 2.49. The Balaban J connectivity index is 0. The van der Waals surface area contributed by atoms with E-state index < -0.39 is 54.6 Å². The number of aromatic nitrogens is 3. The lowest BCUT2D eigenvalue weighted by atomic mass is 9.75. The standard InChI is InChI=1S/C28H34F5NO3.C5H10.C3H7N3.C3H8.2C2H6.CHF3/c1-16-3-6-20-13-22(15-27(29,30)17(2)11-16)34(24-10-9-21(14-23(20)24)28(31,32)33)26(37)19-7-4-18(5-8-19)12-25(35)36;1-3-5-4-2;1-3-4-6(2)5-3;1-3-2;2*1-2;2-1(3)4/h9-11,14,17-20,22H,3-8,12-13,15H2,1-2H3,(H,35,36);3,5H,4H2,1-2H3;1-2H3,(H,4,5);3H2,1-2H3;2*1-2H3;1H/b16-11+;5-3-;;;;;/t17?,18?,19?,20-,22?;;;;;;/m0....../s1. The number of carboxylic acids is 1. The Kier molecular flexibility index (Phi) is 28.8. The van der Waals surface area contributed by atoms with Crippen LogP contribution in [0.2, 0.25) is 0 Å². The van der Waals surface area contributed by atoms with Gasteiger partial charge in [0.25, 0.3) is 5.92 Å². The van der Waals surface area contributed by atoms with E-state index in [1.165, 1.54) is 24.3 Å². The molecule has 1 aromatic carbocycles. The minimum Gasteiger partial charge on any atom is -0.481 e. The quantitative estimate of drug-likeness (QED) is 0.237. The summed E-state index contributed by atoms with van der Waals surface area (Å²) < 4.78 is 101. The third-order valence-electron chi connectivity index (χ3n) is 9.56. The fourth-order valence-electron chi connectivity index (χ4n) is 7.07. The lowest BCUT2D eigenvalue weighted by Gasteiger charge is -2.45. The summed E-state index contributed by atoms with van der Waals surface area (Å²) >= 11 is 0. The van der Waals surface area contributed by atoms with E-state index in [1.807, 2.05) is 48.6 Å². The van der Waals surface area contributed by atoms with E-state index in [1.54, 1.807) is 17.8 Å². The van der Waals surface area contributed by atoms with Crippen LogP contribution in [0.25, 0.3) is 0 Å². The molecule has 2 bridgehead atoms. The molecule has 1 saturated carbocycles. The predicted molar refractivity (Wildman–Crippen MR) is 223 cm³/mol. The number of hydrogen-bond acceptors (Lipinski definition) is 3. The predicted octanol–water partition coefficient (Wildman–Crippen LogP) is 14.3. The Hall–Kier alpha value is -3.65. The zero-order chi connectivity index (χ0) is 46.1. The van der Waals surface area contributed by atoms with Gasteiger partial charge >= 0.3 is 18.8 Å². The molecule has 2 unspecified atom stereocenters. The second-order valence-electron chi connectivity index (χ2n) is 14.4. The van der Waals surface area contributed by atoms with E-state index in [4.69, 9.17) is 5.11 Å². The van der Waals surface area contributed by atoms with Gasteiger partial charge in [-0.25, -0.2) is 13.6 Å². The number of carbonyl (C=O) groups excluding carboxylic acids is 1. The first-order valence-corrected chi connectivity index (χ1v) is 21.0. The van der Waals surface area contributed by atoms with E-state index in [9.17, 15) is 35.9 Å². The number of nitrogens with one attached hydrogen (secondary N) is 1. The molecular weight excluding hydrogens is 784 g/mol. The van der Waals surface area contributed by atoms with Crippen LogP contribution in [0.5, 0.6) is 0 Å². The van der Waals surface area contributed by atoms with Gasteiger partial charge in [0.05, 0.1) is 5.56 Å². The van der Waals surface area contributed by atoms with Crippen molar-refractivity contribution in [3.63, 3.8) is 0 Å². The fraction of sp³-hybridized carbons (Fsp3) is 0.705. The summed E-state index contributed by atoms with van der Waals surface area (Å²) in [6.45, 7) is 17.9. The second-order valence-corrected chi connectivity index (χ2v) is 14.4. The number of benzene rings is 1. The summed E-state index contributed by atoms with van der Waals surface area (Å²) in [4.78, 5) is 28.0. The number of aromatic amines is 1. The summed E-state index contributed by atoms with van der Waals surface area (Å²) in [6.07, 6.45) is 6.21. The molecule has 0 radical (unpaired) electrons. The number of allylic oxidation sites excluding steroid dienone is 4. The first kappa shape index (κ1) is 57.4. The summed E-state index contributed by atoms with van der Waals surface area (Å²) in [5.74, 6) is -5.25. The van der Waals surface area contributed by atoms with Crippen molar-refractivity contribution in [1.29, 1.82) is 0 Å². The highest BCUT2D eigenvalue weighted by Gasteiger charge is 2.47. The van der Waals surface area contributed by atoms with Crippen LogP contribution >= 0.6 is 0 Å². The first-order valence-electron chi connectivity index (χ1n) is 21.0. The smallest absolute Gasteiger partial charge is 0.416 e. The van der Waals surface area contributed by atoms with Crippen LogP contribution in [0.3, 0.4) is 0 Å². The number of nitrogens with zero attached hydrogens (tertiary/aromatic N) is 3. The Labute approximate surface area is 348 Å². The summed E-state index contributed by atoms with van der Waals surface area (Å²) in [5, 5.41) is 15.8. The van der Waals surface area contributed by atoms with Gasteiger partial charge < -0.3 is 10.0 Å². The van der Waals surface area contributed by atoms with Crippen LogP contribution < -0.4 is 4.90 Å². The largest absolute Gasteiger partial charge is 0.481 e. The third kappa shape index (κ3) is 21.4. The average Bonchev–Trinajstić information content (AvgIpc) is 3.15. The zero-order valence-corrected chi connectivity index (χ0v) is 37.3. The van der Waals surface area contributed by atoms with Crippen LogP contribution in [0, 0.1) is 24.7 Å². The Bertz CT molecular complexity index is 1470. The number of halogens is 8. The minimum absolute atomic E-state index is 0.0228. The molecule has 7 nitrogen and oxygen atoms in total. The molecule has 5 rings (SSSR count). The molecule has 0 spiro atoms. The normalized spacial score (nSPS) is 22.8. The average molecular weight is 857 g/mol. The van der Waals surface area contributed by atoms with Crippen molar-refractivity contribution in [1.82, 2.24) is 15.0 Å². The summed E-state index contributed by atoms with van der Waals surface area (Å²) in [5.41, 5.74) is 0.673. The van der Waals surface area contributed by atoms with Gasteiger partial charge in [-0.05, 0) is 108 Å². The monoisotopic (exact) mass is 857 g/mol. The summed E-state index contributed by atoms with van der Waals surface area (Å²) in [6, 6.07) is 2.47. The van der Waals surface area contributed by atoms with Gasteiger partial charge in [-0.15, -0.1) is 5.10 Å². The van der Waals surface area contributed by atoms with Crippen LogP contribution in [-0.2, 0) is 22.8 Å². The van der Waals surface area contributed by atoms with Crippen molar-refractivity contribution in [3.8, 4) is 0 Å². The molecule has 0 saturated heterocycles. The molecule has 1 amide bonds. The van der Waals surface area contributed by atoms with Gasteiger partial charge in [0.1, 0.15) is 5.82 Å². The maximum Gasteiger partial charge on any atom is 0.416 e. The molecule has 59 heavy (non-hydrogen) atoms. The number of carboxylic acid groups (broad SMARTS) is 1. The number of anilines is 1. The van der Waals surface area contributed by atoms with Gasteiger partial charge in [-0.1, -0.05) is 85.6 Å². The lowest BCUT2D eigenvalue weighted by Crippen LogP contribution is -2.51. The van der Waals surface area contributed by atoms with E-state index >= 15 is 8.78 Å². The molecule has 3 atom stereocenters. The lowest BCUT2D eigenvalue weighted by molar-refractivity contribution is -0.139. The maximum absolute atomic E-state index is 15.4. The molecule has 2 aromatic rings. The molecule has 1 aliphatic heterocycles. The second kappa shape index (κ2) is 29.6. The van der Waals surface area contributed by atoms with Crippen LogP contribution in [0.1, 0.15) is 163 Å². The molecule has 2 aliphatic carbocycles. The number of aryl methyl sites for hydroxylation is 2. The number of aliphatic carboxylic acids is 1. The van der Waals surface area contributed by atoms with E-state index in [0.29, 0.717) is 49.8 Å². The van der Waals surface area contributed by atoms with Crippen molar-refractivity contribution in [2.24, 2.45) is 24.8 Å². The van der Waals surface area contributed by atoms with E-state index in [0.717, 1.165) is 30.0 Å². The summed E-state index contributed by atoms with van der Waals surface area (Å²) in [7, 11) is 1.85. The van der Waals surface area contributed by atoms with Crippen molar-refractivity contribution in [2.45, 2.75) is 178 Å². The SMILES string of the molecule is C/C1=C\C(C)C(F)(F)CC2C[C@H](CC1)c1cc(C(F)(F)F)ccc1N2C(=O)C1CCC(CC(=O)O)CC1.C/C=C\CC.CC.CC.CCC.Cc1nn(C)[nH]1.FC(F)F. The van der Waals surface area contributed by atoms with Crippen LogP contribution in [0.15, 0.2) is 42.0 Å².